The van der Waals surface area contributed by atoms with Gasteiger partial charge in [-0.2, -0.15) is 0 Å². The van der Waals surface area contributed by atoms with E-state index < -0.39 is 30.4 Å². The van der Waals surface area contributed by atoms with E-state index in [0.29, 0.717) is 34.9 Å². The van der Waals surface area contributed by atoms with Crippen molar-refractivity contribution in [1.29, 1.82) is 0 Å². The van der Waals surface area contributed by atoms with Crippen LogP contribution in [0.25, 0.3) is 22.6 Å². The molecule has 0 radical (unpaired) electrons. The Labute approximate surface area is 200 Å². The number of rotatable bonds is 6. The van der Waals surface area contributed by atoms with Gasteiger partial charge in [0.25, 0.3) is 5.91 Å². The van der Waals surface area contributed by atoms with E-state index in [9.17, 15) is 15.0 Å². The molecule has 4 N–H and O–H groups in total. The molecule has 1 amide bonds. The number of hydrogen-bond donors (Lipinski definition) is 4. The minimum absolute atomic E-state index is 0.374. The van der Waals surface area contributed by atoms with Crippen molar-refractivity contribution in [3.8, 4) is 11.4 Å². The number of aromatic nitrogens is 5. The molecule has 4 atom stereocenters. The van der Waals surface area contributed by atoms with E-state index in [0.717, 1.165) is 11.1 Å². The summed E-state index contributed by atoms with van der Waals surface area (Å²) in [7, 11) is 1.43. The number of pyridine rings is 1. The molecular weight excluding hydrogens is 450 g/mol. The maximum atomic E-state index is 12.1. The average molecular weight is 476 g/mol. The van der Waals surface area contributed by atoms with Gasteiger partial charge >= 0.3 is 0 Å². The quantitative estimate of drug-likeness (QED) is 0.323. The number of carbonyl (C=O) groups excluding carboxylic acids is 1. The van der Waals surface area contributed by atoms with Crippen LogP contribution in [0.4, 0.5) is 5.82 Å². The maximum absolute atomic E-state index is 12.1. The fourth-order valence-corrected chi connectivity index (χ4v) is 4.11. The Balaban J connectivity index is 1.57. The van der Waals surface area contributed by atoms with Crippen molar-refractivity contribution in [2.45, 2.75) is 38.0 Å². The lowest BCUT2D eigenvalue weighted by Gasteiger charge is -2.17. The Bertz CT molecular complexity index is 1360. The smallest absolute Gasteiger partial charge is 0.251 e. The highest BCUT2D eigenvalue weighted by Gasteiger charge is 2.47. The van der Waals surface area contributed by atoms with Crippen molar-refractivity contribution in [1.82, 2.24) is 29.8 Å². The molecular formula is C24H25N7O4. The molecule has 3 unspecified atom stereocenters. The number of aliphatic hydroxyl groups excluding tert-OH is 2. The first kappa shape index (κ1) is 22.8. The summed E-state index contributed by atoms with van der Waals surface area (Å²) in [6.07, 6.45) is -0.303. The number of ether oxygens (including phenoxy) is 1. The SMILES string of the molecule is CNC(=O)[C@@H]1OC(n2cnc3c(NCc4cccc(C)c4)nc(-c4cccnc4)nc32)C(O)C1O. The number of hydrogen-bond acceptors (Lipinski definition) is 9. The van der Waals surface area contributed by atoms with Crippen LogP contribution in [0.1, 0.15) is 17.4 Å². The predicted octanol–water partition coefficient (Wildman–Crippen LogP) is 1.17. The molecule has 1 aliphatic rings. The van der Waals surface area contributed by atoms with E-state index in [4.69, 9.17) is 4.74 Å². The summed E-state index contributed by atoms with van der Waals surface area (Å²) in [4.78, 5) is 30.1. The third kappa shape index (κ3) is 4.32. The summed E-state index contributed by atoms with van der Waals surface area (Å²) >= 11 is 0. The first-order chi connectivity index (χ1) is 17.0. The van der Waals surface area contributed by atoms with Crippen LogP contribution in [0.5, 0.6) is 0 Å². The normalized spacial score (nSPS) is 21.8. The van der Waals surface area contributed by atoms with Crippen LogP contribution in [-0.4, -0.2) is 66.0 Å². The first-order valence-electron chi connectivity index (χ1n) is 11.1. The minimum Gasteiger partial charge on any atom is -0.387 e. The van der Waals surface area contributed by atoms with E-state index in [1.54, 1.807) is 18.5 Å². The Morgan fingerprint density at radius 2 is 2.03 bits per heavy atom. The first-order valence-corrected chi connectivity index (χ1v) is 11.1. The molecule has 0 bridgehead atoms. The minimum atomic E-state index is -1.41. The van der Waals surface area contributed by atoms with E-state index >= 15 is 0 Å². The van der Waals surface area contributed by atoms with Crippen LogP contribution in [0.15, 0.2) is 55.1 Å². The number of fused-ring (bicyclic) bond motifs is 1. The third-order valence-corrected chi connectivity index (χ3v) is 5.90. The molecule has 4 heterocycles. The average Bonchev–Trinajstić information content (AvgIpc) is 3.43. The third-order valence-electron chi connectivity index (χ3n) is 5.90. The van der Waals surface area contributed by atoms with Crippen molar-refractivity contribution in [3.05, 3.63) is 66.2 Å². The number of benzene rings is 1. The Kier molecular flexibility index (Phi) is 6.12. The monoisotopic (exact) mass is 475 g/mol. The highest BCUT2D eigenvalue weighted by molar-refractivity contribution is 5.85. The second kappa shape index (κ2) is 9.37. The number of nitrogens with zero attached hydrogens (tertiary/aromatic N) is 5. The molecule has 11 nitrogen and oxygen atoms in total. The second-order valence-corrected chi connectivity index (χ2v) is 8.35. The summed E-state index contributed by atoms with van der Waals surface area (Å²) < 4.78 is 7.24. The van der Waals surface area contributed by atoms with E-state index in [1.165, 1.54) is 17.9 Å². The van der Waals surface area contributed by atoms with Crippen LogP contribution in [-0.2, 0) is 16.1 Å². The number of aryl methyl sites for hydroxylation is 1. The van der Waals surface area contributed by atoms with Gasteiger partial charge in [0.1, 0.15) is 12.2 Å². The lowest BCUT2D eigenvalue weighted by atomic mass is 10.1. The molecule has 1 saturated heterocycles. The topological polar surface area (TPSA) is 147 Å². The van der Waals surface area contributed by atoms with Gasteiger partial charge in [-0.1, -0.05) is 29.8 Å². The number of carbonyl (C=O) groups is 1. The second-order valence-electron chi connectivity index (χ2n) is 8.35. The summed E-state index contributed by atoms with van der Waals surface area (Å²) in [5.74, 6) is 0.356. The van der Waals surface area contributed by atoms with Crippen LogP contribution in [0, 0.1) is 6.92 Å². The zero-order chi connectivity index (χ0) is 24.5. The van der Waals surface area contributed by atoms with Gasteiger partial charge in [-0.05, 0) is 24.6 Å². The maximum Gasteiger partial charge on any atom is 0.251 e. The van der Waals surface area contributed by atoms with E-state index in [-0.39, 0.29) is 0 Å². The van der Waals surface area contributed by atoms with Crippen LogP contribution in [0.3, 0.4) is 0 Å². The standard InChI is InChI=1S/C24H25N7O4/c1-13-5-3-6-14(9-13)10-27-21-16-22(30-20(29-21)15-7-4-8-26-11-15)31(12-28-16)24-18(33)17(32)19(35-24)23(34)25-2/h3-9,11-12,17-19,24,32-33H,10H2,1-2H3,(H,25,34)(H,27,29,30)/t17?,18?,19-,24?/m1/s1. The highest BCUT2D eigenvalue weighted by Crippen LogP contribution is 2.33. The number of anilines is 1. The molecule has 180 valence electrons. The van der Waals surface area contributed by atoms with Crippen LogP contribution >= 0.6 is 0 Å². The van der Waals surface area contributed by atoms with E-state index in [2.05, 4.69) is 36.6 Å². The fourth-order valence-electron chi connectivity index (χ4n) is 4.11. The highest BCUT2D eigenvalue weighted by atomic mass is 16.6. The lowest BCUT2D eigenvalue weighted by Crippen LogP contribution is -2.41. The summed E-state index contributed by atoms with van der Waals surface area (Å²) in [6.45, 7) is 2.54. The molecule has 0 spiro atoms. The Morgan fingerprint density at radius 1 is 1.17 bits per heavy atom. The summed E-state index contributed by atoms with van der Waals surface area (Å²) in [5.41, 5.74) is 3.74. The number of likely N-dealkylation sites (N-methyl/N-ethyl adjacent to an activating group) is 1. The Morgan fingerprint density at radius 3 is 2.77 bits per heavy atom. The van der Waals surface area contributed by atoms with Crippen molar-refractivity contribution in [2.75, 3.05) is 12.4 Å². The van der Waals surface area contributed by atoms with Gasteiger partial charge in [-0.3, -0.25) is 14.3 Å². The molecule has 5 rings (SSSR count). The van der Waals surface area contributed by atoms with Gasteiger partial charge in [-0.25, -0.2) is 15.0 Å². The number of amides is 1. The number of nitrogens with one attached hydrogen (secondary N) is 2. The van der Waals surface area contributed by atoms with Crippen molar-refractivity contribution >= 4 is 22.9 Å². The zero-order valence-corrected chi connectivity index (χ0v) is 19.2. The predicted molar refractivity (Wildman–Crippen MR) is 127 cm³/mol. The fraction of sp³-hybridized carbons (Fsp3) is 0.292. The molecule has 3 aromatic heterocycles. The molecule has 0 aliphatic carbocycles. The van der Waals surface area contributed by atoms with Gasteiger partial charge in [0, 0.05) is 31.5 Å². The molecule has 1 fully saturated rings. The largest absolute Gasteiger partial charge is 0.387 e. The number of aliphatic hydroxyl groups is 2. The van der Waals surface area contributed by atoms with Crippen LogP contribution in [0.2, 0.25) is 0 Å². The molecule has 1 aromatic carbocycles. The molecule has 1 aliphatic heterocycles. The Hall–Kier alpha value is -3.93. The van der Waals surface area contributed by atoms with Crippen molar-refractivity contribution in [3.63, 3.8) is 0 Å². The summed E-state index contributed by atoms with van der Waals surface area (Å²) in [6, 6.07) is 11.7. The van der Waals surface area contributed by atoms with Gasteiger partial charge in [0.2, 0.25) is 0 Å². The summed E-state index contributed by atoms with van der Waals surface area (Å²) in [5, 5.41) is 26.8. The van der Waals surface area contributed by atoms with Crippen LogP contribution < -0.4 is 10.6 Å². The van der Waals surface area contributed by atoms with Gasteiger partial charge in [0.15, 0.2) is 35.1 Å². The molecule has 35 heavy (non-hydrogen) atoms. The zero-order valence-electron chi connectivity index (χ0n) is 19.2. The van der Waals surface area contributed by atoms with Gasteiger partial charge < -0.3 is 25.6 Å². The van der Waals surface area contributed by atoms with Gasteiger partial charge in [-0.15, -0.1) is 0 Å². The van der Waals surface area contributed by atoms with Gasteiger partial charge in [0.05, 0.1) is 6.33 Å². The van der Waals surface area contributed by atoms with E-state index in [1.807, 2.05) is 31.2 Å². The molecule has 0 saturated carbocycles. The van der Waals surface area contributed by atoms with Crippen molar-refractivity contribution in [2.24, 2.45) is 0 Å². The molecule has 11 heteroatoms. The lowest BCUT2D eigenvalue weighted by molar-refractivity contribution is -0.137. The molecule has 4 aromatic rings. The van der Waals surface area contributed by atoms with Crippen molar-refractivity contribution < 1.29 is 19.7 Å². The number of imidazole rings is 1.